The Morgan fingerprint density at radius 1 is 1.31 bits per heavy atom. The van der Waals surface area contributed by atoms with Gasteiger partial charge in [-0.05, 0) is 31.2 Å². The monoisotopic (exact) mass is 476 g/mol. The van der Waals surface area contributed by atoms with E-state index in [0.717, 1.165) is 31.2 Å². The number of nitrogens with one attached hydrogen (secondary N) is 1. The van der Waals surface area contributed by atoms with Gasteiger partial charge in [-0.3, -0.25) is 0 Å². The highest BCUT2D eigenvalue weighted by Gasteiger charge is 2.24. The summed E-state index contributed by atoms with van der Waals surface area (Å²) in [6.45, 7) is 11.3. The summed E-state index contributed by atoms with van der Waals surface area (Å²) in [6, 6.07) is 3.94. The van der Waals surface area contributed by atoms with Crippen LogP contribution < -0.4 is 10.1 Å². The number of halogens is 1. The lowest BCUT2D eigenvalue weighted by Crippen LogP contribution is -2.48. The second-order valence-corrected chi connectivity index (χ2v) is 6.83. The number of pyridine rings is 1. The number of piperidine rings is 1. The van der Waals surface area contributed by atoms with Crippen molar-refractivity contribution in [2.24, 2.45) is 16.8 Å². The van der Waals surface area contributed by atoms with Gasteiger partial charge in [0.2, 0.25) is 5.88 Å². The maximum absolute atomic E-state index is 5.71. The second-order valence-electron chi connectivity index (χ2n) is 6.83. The van der Waals surface area contributed by atoms with Crippen LogP contribution in [-0.2, 0) is 11.3 Å². The van der Waals surface area contributed by atoms with Crippen molar-refractivity contribution in [1.29, 1.82) is 0 Å². The van der Waals surface area contributed by atoms with E-state index in [-0.39, 0.29) is 24.0 Å². The van der Waals surface area contributed by atoms with Crippen molar-refractivity contribution in [3.63, 3.8) is 0 Å². The number of aliphatic imine (C=N–C) groups is 1. The third-order valence-electron chi connectivity index (χ3n) is 4.28. The summed E-state index contributed by atoms with van der Waals surface area (Å²) < 4.78 is 10.7. The van der Waals surface area contributed by atoms with Gasteiger partial charge in [-0.1, -0.05) is 19.9 Å². The SMILES string of the molecule is CCNC(=NCc1cccnc1OCCOC)N1CC(C)CC(C)C1.I. The van der Waals surface area contributed by atoms with Gasteiger partial charge in [0.1, 0.15) is 6.61 Å². The van der Waals surface area contributed by atoms with Gasteiger partial charge in [-0.2, -0.15) is 0 Å². The van der Waals surface area contributed by atoms with Crippen LogP contribution in [0.5, 0.6) is 5.88 Å². The van der Waals surface area contributed by atoms with Gasteiger partial charge in [0.25, 0.3) is 0 Å². The van der Waals surface area contributed by atoms with E-state index in [4.69, 9.17) is 14.5 Å². The molecule has 2 unspecified atom stereocenters. The molecule has 0 aromatic carbocycles. The highest BCUT2D eigenvalue weighted by molar-refractivity contribution is 14.0. The fourth-order valence-electron chi connectivity index (χ4n) is 3.32. The van der Waals surface area contributed by atoms with Crippen molar-refractivity contribution >= 4 is 29.9 Å². The molecule has 0 aliphatic carbocycles. The van der Waals surface area contributed by atoms with Crippen LogP contribution in [0.2, 0.25) is 0 Å². The van der Waals surface area contributed by atoms with Crippen LogP contribution in [0.3, 0.4) is 0 Å². The van der Waals surface area contributed by atoms with Crippen molar-refractivity contribution in [2.75, 3.05) is 40.0 Å². The fraction of sp³-hybridized carbons (Fsp3) is 0.684. The molecular weight excluding hydrogens is 443 g/mol. The summed E-state index contributed by atoms with van der Waals surface area (Å²) in [5.74, 6) is 3.00. The third kappa shape index (κ3) is 7.26. The minimum atomic E-state index is 0. The van der Waals surface area contributed by atoms with Gasteiger partial charge in [0.05, 0.1) is 13.2 Å². The molecule has 2 rings (SSSR count). The van der Waals surface area contributed by atoms with Crippen LogP contribution in [-0.4, -0.2) is 55.8 Å². The van der Waals surface area contributed by atoms with Gasteiger partial charge in [-0.25, -0.2) is 9.98 Å². The summed E-state index contributed by atoms with van der Waals surface area (Å²) in [4.78, 5) is 11.6. The molecule has 7 heteroatoms. The molecule has 1 fully saturated rings. The number of methoxy groups -OCH3 is 1. The highest BCUT2D eigenvalue weighted by atomic mass is 127. The smallest absolute Gasteiger partial charge is 0.218 e. The molecule has 0 spiro atoms. The normalized spacial score (nSPS) is 20.5. The van der Waals surface area contributed by atoms with Crippen LogP contribution in [0.1, 0.15) is 32.8 Å². The average molecular weight is 476 g/mol. The summed E-state index contributed by atoms with van der Waals surface area (Å²) in [7, 11) is 1.66. The molecule has 1 aromatic rings. The van der Waals surface area contributed by atoms with E-state index in [1.807, 2.05) is 12.1 Å². The lowest BCUT2D eigenvalue weighted by atomic mass is 9.92. The lowest BCUT2D eigenvalue weighted by molar-refractivity contribution is 0.143. The predicted molar refractivity (Wildman–Crippen MR) is 116 cm³/mol. The van der Waals surface area contributed by atoms with Crippen LogP contribution in [0, 0.1) is 11.8 Å². The zero-order valence-electron chi connectivity index (χ0n) is 16.4. The molecule has 6 nitrogen and oxygen atoms in total. The molecule has 2 atom stereocenters. The molecule has 1 aliphatic rings. The molecular formula is C19H33IN4O2. The largest absolute Gasteiger partial charge is 0.475 e. The minimum absolute atomic E-state index is 0. The standard InChI is InChI=1S/C19H32N4O2.HI/c1-5-20-19(23-13-15(2)11-16(3)14-23)22-12-17-7-6-8-21-18(17)25-10-9-24-4;/h6-8,15-16H,5,9-14H2,1-4H3,(H,20,22);1H. The van der Waals surface area contributed by atoms with E-state index < -0.39 is 0 Å². The average Bonchev–Trinajstić information content (AvgIpc) is 2.59. The Morgan fingerprint density at radius 3 is 2.69 bits per heavy atom. The summed E-state index contributed by atoms with van der Waals surface area (Å²) in [6.07, 6.45) is 3.03. The molecule has 0 amide bonds. The molecule has 1 aliphatic heterocycles. The first-order valence-corrected chi connectivity index (χ1v) is 9.22. The first-order chi connectivity index (χ1) is 12.1. The Labute approximate surface area is 174 Å². The topological polar surface area (TPSA) is 59.0 Å². The van der Waals surface area contributed by atoms with Crippen LogP contribution in [0.25, 0.3) is 0 Å². The van der Waals surface area contributed by atoms with Crippen LogP contribution >= 0.6 is 24.0 Å². The van der Waals surface area contributed by atoms with Gasteiger partial charge < -0.3 is 19.7 Å². The van der Waals surface area contributed by atoms with Crippen LogP contribution in [0.4, 0.5) is 0 Å². The van der Waals surface area contributed by atoms with Crippen molar-refractivity contribution in [1.82, 2.24) is 15.2 Å². The molecule has 0 saturated carbocycles. The maximum Gasteiger partial charge on any atom is 0.218 e. The van der Waals surface area contributed by atoms with E-state index in [1.165, 1.54) is 6.42 Å². The van der Waals surface area contributed by atoms with E-state index in [9.17, 15) is 0 Å². The van der Waals surface area contributed by atoms with Crippen molar-refractivity contribution in [2.45, 2.75) is 33.7 Å². The van der Waals surface area contributed by atoms with Crippen LogP contribution in [0.15, 0.2) is 23.3 Å². The number of likely N-dealkylation sites (tertiary alicyclic amines) is 1. The van der Waals surface area contributed by atoms with E-state index >= 15 is 0 Å². The van der Waals surface area contributed by atoms with E-state index in [1.54, 1.807) is 13.3 Å². The van der Waals surface area contributed by atoms with E-state index in [0.29, 0.717) is 37.5 Å². The quantitative estimate of drug-likeness (QED) is 0.284. The Hall–Kier alpha value is -1.09. The van der Waals surface area contributed by atoms with Gasteiger partial charge >= 0.3 is 0 Å². The predicted octanol–water partition coefficient (Wildman–Crippen LogP) is 3.17. The van der Waals surface area contributed by atoms with Crippen molar-refractivity contribution in [3.05, 3.63) is 23.9 Å². The number of hydrogen-bond acceptors (Lipinski definition) is 4. The summed E-state index contributed by atoms with van der Waals surface area (Å²) in [5, 5.41) is 3.43. The number of aromatic nitrogens is 1. The Kier molecular flexibility index (Phi) is 10.9. The minimum Gasteiger partial charge on any atom is -0.475 e. The third-order valence-corrected chi connectivity index (χ3v) is 4.28. The molecule has 1 N–H and O–H groups in total. The Morgan fingerprint density at radius 2 is 2.04 bits per heavy atom. The van der Waals surface area contributed by atoms with Crippen molar-refractivity contribution in [3.8, 4) is 5.88 Å². The molecule has 1 saturated heterocycles. The summed E-state index contributed by atoms with van der Waals surface area (Å²) in [5.41, 5.74) is 0.993. The molecule has 0 bridgehead atoms. The second kappa shape index (κ2) is 12.3. The van der Waals surface area contributed by atoms with Gasteiger partial charge in [-0.15, -0.1) is 24.0 Å². The number of rotatable bonds is 7. The molecule has 0 radical (unpaired) electrons. The first-order valence-electron chi connectivity index (χ1n) is 9.22. The first kappa shape index (κ1) is 23.0. The Balaban J connectivity index is 0.00000338. The molecule has 148 valence electrons. The molecule has 26 heavy (non-hydrogen) atoms. The van der Waals surface area contributed by atoms with Gasteiger partial charge in [0, 0.05) is 38.5 Å². The Bertz CT molecular complexity index is 546. The van der Waals surface area contributed by atoms with Crippen molar-refractivity contribution < 1.29 is 9.47 Å². The highest BCUT2D eigenvalue weighted by Crippen LogP contribution is 2.21. The summed E-state index contributed by atoms with van der Waals surface area (Å²) >= 11 is 0. The number of nitrogens with zero attached hydrogens (tertiary/aromatic N) is 3. The number of hydrogen-bond donors (Lipinski definition) is 1. The van der Waals surface area contributed by atoms with Gasteiger partial charge in [0.15, 0.2) is 5.96 Å². The zero-order chi connectivity index (χ0) is 18.1. The zero-order valence-corrected chi connectivity index (χ0v) is 18.7. The van der Waals surface area contributed by atoms with E-state index in [2.05, 4.69) is 36.0 Å². The molecule has 1 aromatic heterocycles. The maximum atomic E-state index is 5.71. The molecule has 2 heterocycles. The number of guanidine groups is 1. The fourth-order valence-corrected chi connectivity index (χ4v) is 3.32. The number of ether oxygens (including phenoxy) is 2. The lowest BCUT2D eigenvalue weighted by Gasteiger charge is -2.37.